The van der Waals surface area contributed by atoms with Crippen LogP contribution in [0, 0.1) is 6.92 Å². The van der Waals surface area contributed by atoms with Crippen LogP contribution in [0.15, 0.2) is 36.9 Å². The van der Waals surface area contributed by atoms with E-state index in [1.165, 1.54) is 17.5 Å². The SMILES string of the molecule is Cc1ccc(CC2(C)CCCN2C(=O)CCn2cnc3c(N)ncnc32)cc1. The van der Waals surface area contributed by atoms with Crippen LogP contribution in [-0.2, 0) is 17.8 Å². The van der Waals surface area contributed by atoms with Gasteiger partial charge < -0.3 is 15.2 Å². The third kappa shape index (κ3) is 3.44. The summed E-state index contributed by atoms with van der Waals surface area (Å²) in [5, 5.41) is 0. The minimum absolute atomic E-state index is 0.129. The number of amides is 1. The number of nitrogen functional groups attached to an aromatic ring is 1. The predicted molar refractivity (Wildman–Crippen MR) is 109 cm³/mol. The Morgan fingerprint density at radius 1 is 1.21 bits per heavy atom. The number of aryl methyl sites for hydroxylation is 2. The maximum atomic E-state index is 13.0. The summed E-state index contributed by atoms with van der Waals surface area (Å²) in [5.41, 5.74) is 9.50. The number of aromatic nitrogens is 4. The fourth-order valence-corrected chi connectivity index (χ4v) is 4.19. The van der Waals surface area contributed by atoms with Gasteiger partial charge in [0, 0.05) is 25.0 Å². The van der Waals surface area contributed by atoms with Crippen LogP contribution in [0.2, 0.25) is 0 Å². The Morgan fingerprint density at radius 2 is 2.00 bits per heavy atom. The third-order valence-electron chi connectivity index (χ3n) is 5.75. The number of benzene rings is 1. The maximum Gasteiger partial charge on any atom is 0.224 e. The lowest BCUT2D eigenvalue weighted by atomic mass is 9.89. The van der Waals surface area contributed by atoms with Gasteiger partial charge in [0.1, 0.15) is 11.8 Å². The average Bonchev–Trinajstić information content (AvgIpc) is 3.26. The molecule has 7 heteroatoms. The van der Waals surface area contributed by atoms with Gasteiger partial charge in [0.2, 0.25) is 5.91 Å². The van der Waals surface area contributed by atoms with Crippen molar-refractivity contribution in [2.45, 2.75) is 51.6 Å². The Bertz CT molecular complexity index is 996. The molecule has 3 heterocycles. The molecule has 1 atom stereocenters. The molecule has 1 aromatic carbocycles. The molecule has 1 saturated heterocycles. The van der Waals surface area contributed by atoms with E-state index in [1.807, 2.05) is 4.57 Å². The lowest BCUT2D eigenvalue weighted by Gasteiger charge is -2.36. The Labute approximate surface area is 164 Å². The van der Waals surface area contributed by atoms with Crippen molar-refractivity contribution < 1.29 is 4.79 Å². The molecule has 0 bridgehead atoms. The molecule has 1 amide bonds. The Hall–Kier alpha value is -2.96. The average molecular weight is 378 g/mol. The molecule has 4 rings (SSSR count). The lowest BCUT2D eigenvalue weighted by molar-refractivity contribution is -0.135. The zero-order chi connectivity index (χ0) is 19.7. The van der Waals surface area contributed by atoms with E-state index in [-0.39, 0.29) is 11.4 Å². The van der Waals surface area contributed by atoms with Gasteiger partial charge in [0.15, 0.2) is 11.5 Å². The van der Waals surface area contributed by atoms with Gasteiger partial charge in [-0.05, 0) is 38.7 Å². The van der Waals surface area contributed by atoms with Crippen molar-refractivity contribution in [3.8, 4) is 0 Å². The molecule has 3 aromatic rings. The monoisotopic (exact) mass is 378 g/mol. The van der Waals surface area contributed by atoms with Crippen LogP contribution in [0.1, 0.15) is 37.3 Å². The first-order valence-electron chi connectivity index (χ1n) is 9.74. The molecule has 7 nitrogen and oxygen atoms in total. The van der Waals surface area contributed by atoms with Crippen molar-refractivity contribution in [1.29, 1.82) is 0 Å². The van der Waals surface area contributed by atoms with Gasteiger partial charge in [-0.25, -0.2) is 15.0 Å². The minimum atomic E-state index is -0.129. The van der Waals surface area contributed by atoms with Gasteiger partial charge in [-0.1, -0.05) is 29.8 Å². The first-order valence-corrected chi connectivity index (χ1v) is 9.74. The van der Waals surface area contributed by atoms with Crippen LogP contribution in [0.5, 0.6) is 0 Å². The zero-order valence-electron chi connectivity index (χ0n) is 16.4. The number of hydrogen-bond donors (Lipinski definition) is 1. The van der Waals surface area contributed by atoms with Crippen LogP contribution in [0.4, 0.5) is 5.82 Å². The van der Waals surface area contributed by atoms with E-state index in [2.05, 4.69) is 58.0 Å². The van der Waals surface area contributed by atoms with Gasteiger partial charge in [-0.2, -0.15) is 0 Å². The van der Waals surface area contributed by atoms with Crippen molar-refractivity contribution in [3.63, 3.8) is 0 Å². The smallest absolute Gasteiger partial charge is 0.224 e. The molecule has 1 unspecified atom stereocenters. The van der Waals surface area contributed by atoms with Crippen molar-refractivity contribution >= 4 is 22.9 Å². The molecule has 1 fully saturated rings. The molecule has 2 N–H and O–H groups in total. The number of rotatable bonds is 5. The lowest BCUT2D eigenvalue weighted by Crippen LogP contribution is -2.46. The highest BCUT2D eigenvalue weighted by atomic mass is 16.2. The van der Waals surface area contributed by atoms with E-state index < -0.39 is 0 Å². The van der Waals surface area contributed by atoms with Gasteiger partial charge in [-0.3, -0.25) is 4.79 Å². The number of anilines is 1. The standard InChI is InChI=1S/C21H26N6O/c1-15-4-6-16(7-5-15)12-21(2)9-3-10-27(21)17(28)8-11-26-14-25-18-19(22)23-13-24-20(18)26/h4-7,13-14H,3,8-12H2,1-2H3,(H2,22,23,24). The number of nitrogens with zero attached hydrogens (tertiary/aromatic N) is 5. The first kappa shape index (κ1) is 18.4. The largest absolute Gasteiger partial charge is 0.382 e. The zero-order valence-corrected chi connectivity index (χ0v) is 16.4. The Morgan fingerprint density at radius 3 is 2.79 bits per heavy atom. The highest BCUT2D eigenvalue weighted by molar-refractivity contribution is 5.81. The summed E-state index contributed by atoms with van der Waals surface area (Å²) in [6.07, 6.45) is 6.49. The molecule has 2 aromatic heterocycles. The van der Waals surface area contributed by atoms with Crippen molar-refractivity contribution in [2.24, 2.45) is 0 Å². The Kier molecular flexibility index (Phi) is 4.75. The number of carbonyl (C=O) groups is 1. The van der Waals surface area contributed by atoms with Gasteiger partial charge >= 0.3 is 0 Å². The molecule has 0 saturated carbocycles. The summed E-state index contributed by atoms with van der Waals surface area (Å²) in [4.78, 5) is 27.6. The van der Waals surface area contributed by atoms with Crippen molar-refractivity contribution in [2.75, 3.05) is 12.3 Å². The van der Waals surface area contributed by atoms with Crippen molar-refractivity contribution in [1.82, 2.24) is 24.4 Å². The fourth-order valence-electron chi connectivity index (χ4n) is 4.19. The van der Waals surface area contributed by atoms with Gasteiger partial charge in [-0.15, -0.1) is 0 Å². The number of imidazole rings is 1. The fraction of sp³-hybridized carbons (Fsp3) is 0.429. The summed E-state index contributed by atoms with van der Waals surface area (Å²) in [6.45, 7) is 5.65. The molecule has 1 aliphatic heterocycles. The van der Waals surface area contributed by atoms with Crippen LogP contribution in [0.25, 0.3) is 11.2 Å². The Balaban J connectivity index is 1.45. The first-order chi connectivity index (χ1) is 13.5. The topological polar surface area (TPSA) is 89.9 Å². The molecule has 0 spiro atoms. The number of carbonyl (C=O) groups excluding carboxylic acids is 1. The molecule has 28 heavy (non-hydrogen) atoms. The van der Waals surface area contributed by atoms with Crippen LogP contribution in [0.3, 0.4) is 0 Å². The highest BCUT2D eigenvalue weighted by Crippen LogP contribution is 2.33. The number of likely N-dealkylation sites (tertiary alicyclic amines) is 1. The highest BCUT2D eigenvalue weighted by Gasteiger charge is 2.39. The molecular weight excluding hydrogens is 352 g/mol. The predicted octanol–water partition coefficient (Wildman–Crippen LogP) is 2.73. The minimum Gasteiger partial charge on any atom is -0.382 e. The van der Waals surface area contributed by atoms with Crippen LogP contribution in [-0.4, -0.2) is 42.4 Å². The van der Waals surface area contributed by atoms with E-state index in [4.69, 9.17) is 5.73 Å². The summed E-state index contributed by atoms with van der Waals surface area (Å²) in [7, 11) is 0. The molecule has 1 aliphatic rings. The second kappa shape index (κ2) is 7.22. The second-order valence-corrected chi connectivity index (χ2v) is 7.93. The third-order valence-corrected chi connectivity index (χ3v) is 5.75. The maximum absolute atomic E-state index is 13.0. The van der Waals surface area contributed by atoms with Gasteiger partial charge in [0.25, 0.3) is 0 Å². The summed E-state index contributed by atoms with van der Waals surface area (Å²) < 4.78 is 1.87. The molecule has 146 valence electrons. The van der Waals surface area contributed by atoms with E-state index in [9.17, 15) is 4.79 Å². The summed E-state index contributed by atoms with van der Waals surface area (Å²) >= 11 is 0. The van der Waals surface area contributed by atoms with E-state index in [1.54, 1.807) is 6.33 Å². The number of nitrogens with two attached hydrogens (primary N) is 1. The van der Waals surface area contributed by atoms with Crippen molar-refractivity contribution in [3.05, 3.63) is 48.0 Å². The van der Waals surface area contributed by atoms with Crippen LogP contribution >= 0.6 is 0 Å². The van der Waals surface area contributed by atoms with Gasteiger partial charge in [0.05, 0.1) is 6.33 Å². The van der Waals surface area contributed by atoms with E-state index in [0.717, 1.165) is 25.8 Å². The molecule has 0 radical (unpaired) electrons. The summed E-state index contributed by atoms with van der Waals surface area (Å²) in [6, 6.07) is 8.61. The quantitative estimate of drug-likeness (QED) is 0.737. The van der Waals surface area contributed by atoms with Crippen LogP contribution < -0.4 is 5.73 Å². The molecule has 0 aliphatic carbocycles. The number of hydrogen-bond acceptors (Lipinski definition) is 5. The van der Waals surface area contributed by atoms with E-state index >= 15 is 0 Å². The van der Waals surface area contributed by atoms with E-state index in [0.29, 0.717) is 29.9 Å². The summed E-state index contributed by atoms with van der Waals surface area (Å²) in [5.74, 6) is 0.538. The molecular formula is C21H26N6O. The number of fused-ring (bicyclic) bond motifs is 1. The second-order valence-electron chi connectivity index (χ2n) is 7.93. The normalized spacial score (nSPS) is 19.4.